The number of hydrogen-bond donors (Lipinski definition) is 1. The summed E-state index contributed by atoms with van der Waals surface area (Å²) in [4.78, 5) is 30.4. The van der Waals surface area contributed by atoms with Gasteiger partial charge in [-0.05, 0) is 48.1 Å². The van der Waals surface area contributed by atoms with Crippen molar-refractivity contribution in [3.8, 4) is 0 Å². The van der Waals surface area contributed by atoms with Crippen LogP contribution in [-0.4, -0.2) is 67.0 Å². The number of morpholine rings is 1. The van der Waals surface area contributed by atoms with E-state index in [1.807, 2.05) is 41.3 Å². The van der Waals surface area contributed by atoms with Gasteiger partial charge in [-0.15, -0.1) is 0 Å². The van der Waals surface area contributed by atoms with Gasteiger partial charge in [-0.3, -0.25) is 14.5 Å². The van der Waals surface area contributed by atoms with E-state index in [-0.39, 0.29) is 36.4 Å². The Morgan fingerprint density at radius 3 is 2.51 bits per heavy atom. The van der Waals surface area contributed by atoms with E-state index in [1.165, 1.54) is 6.07 Å². The summed E-state index contributed by atoms with van der Waals surface area (Å²) in [7, 11) is 0. The molecule has 1 saturated heterocycles. The standard InChI is InChI=1S/C27H29F2N3O3/c28-21-8-9-23(29)22(15-21)20-14-24(18-4-2-1-3-5-18)32(16-20)27(34)26(19-6-7-19)30-25(33)17-31-10-12-35-13-11-31/h1-5,8-9,14-15,19,24,26H,6-7,10-13,16-17H2,(H,30,33)/t24-,26-/m0/s1. The molecular weight excluding hydrogens is 452 g/mol. The smallest absolute Gasteiger partial charge is 0.246 e. The molecule has 2 fully saturated rings. The lowest BCUT2D eigenvalue weighted by Crippen LogP contribution is -2.52. The summed E-state index contributed by atoms with van der Waals surface area (Å²) >= 11 is 0. The van der Waals surface area contributed by atoms with Gasteiger partial charge >= 0.3 is 0 Å². The predicted octanol–water partition coefficient (Wildman–Crippen LogP) is 3.16. The van der Waals surface area contributed by atoms with Gasteiger partial charge in [0.15, 0.2) is 0 Å². The summed E-state index contributed by atoms with van der Waals surface area (Å²) in [5.41, 5.74) is 1.58. The molecule has 0 aromatic heterocycles. The van der Waals surface area contributed by atoms with E-state index in [0.29, 0.717) is 31.9 Å². The largest absolute Gasteiger partial charge is 0.379 e. The number of ether oxygens (including phenoxy) is 1. The molecule has 3 aliphatic rings. The van der Waals surface area contributed by atoms with Crippen molar-refractivity contribution in [2.24, 2.45) is 5.92 Å². The van der Waals surface area contributed by atoms with E-state index in [2.05, 4.69) is 5.32 Å². The maximum Gasteiger partial charge on any atom is 0.246 e. The number of benzene rings is 2. The number of nitrogens with zero attached hydrogens (tertiary/aromatic N) is 2. The fourth-order valence-electron chi connectivity index (χ4n) is 4.85. The van der Waals surface area contributed by atoms with Gasteiger partial charge < -0.3 is 15.0 Å². The first-order valence-corrected chi connectivity index (χ1v) is 12.1. The Kier molecular flexibility index (Phi) is 6.92. The van der Waals surface area contributed by atoms with E-state index in [0.717, 1.165) is 30.5 Å². The molecule has 1 saturated carbocycles. The predicted molar refractivity (Wildman–Crippen MR) is 127 cm³/mol. The van der Waals surface area contributed by atoms with Crippen LogP contribution < -0.4 is 5.32 Å². The molecule has 2 atom stereocenters. The number of halogens is 2. The molecule has 2 heterocycles. The van der Waals surface area contributed by atoms with Crippen LogP contribution in [0, 0.1) is 17.6 Å². The number of amides is 2. The quantitative estimate of drug-likeness (QED) is 0.660. The minimum atomic E-state index is -0.639. The highest BCUT2D eigenvalue weighted by atomic mass is 19.1. The Hall–Kier alpha value is -3.10. The van der Waals surface area contributed by atoms with Crippen molar-refractivity contribution < 1.29 is 23.1 Å². The third kappa shape index (κ3) is 5.44. The van der Waals surface area contributed by atoms with Crippen LogP contribution in [0.5, 0.6) is 0 Å². The Labute approximate surface area is 203 Å². The first-order valence-electron chi connectivity index (χ1n) is 12.1. The van der Waals surface area contributed by atoms with Crippen LogP contribution in [0.2, 0.25) is 0 Å². The fraction of sp³-hybridized carbons (Fsp3) is 0.407. The monoisotopic (exact) mass is 481 g/mol. The van der Waals surface area contributed by atoms with Crippen LogP contribution in [0.25, 0.3) is 5.57 Å². The molecule has 0 bridgehead atoms. The second-order valence-electron chi connectivity index (χ2n) is 9.41. The van der Waals surface area contributed by atoms with Crippen molar-refractivity contribution in [1.29, 1.82) is 0 Å². The molecule has 35 heavy (non-hydrogen) atoms. The molecule has 5 rings (SSSR count). The average molecular weight is 482 g/mol. The zero-order chi connectivity index (χ0) is 24.4. The van der Waals surface area contributed by atoms with Crippen molar-refractivity contribution in [3.05, 3.63) is 77.4 Å². The zero-order valence-corrected chi connectivity index (χ0v) is 19.5. The van der Waals surface area contributed by atoms with Crippen LogP contribution in [0.3, 0.4) is 0 Å². The number of carbonyl (C=O) groups excluding carboxylic acids is 2. The lowest BCUT2D eigenvalue weighted by Gasteiger charge is -2.31. The molecule has 184 valence electrons. The third-order valence-corrected chi connectivity index (χ3v) is 6.88. The van der Waals surface area contributed by atoms with Crippen LogP contribution in [0.15, 0.2) is 54.6 Å². The van der Waals surface area contributed by atoms with Crippen molar-refractivity contribution in [2.45, 2.75) is 24.9 Å². The Morgan fingerprint density at radius 2 is 1.80 bits per heavy atom. The van der Waals surface area contributed by atoms with Gasteiger partial charge in [0.05, 0.1) is 25.8 Å². The number of carbonyl (C=O) groups is 2. The molecular formula is C27H29F2N3O3. The van der Waals surface area contributed by atoms with E-state index in [9.17, 15) is 18.4 Å². The van der Waals surface area contributed by atoms with Gasteiger partial charge in [-0.2, -0.15) is 0 Å². The average Bonchev–Trinajstić information content (AvgIpc) is 3.62. The van der Waals surface area contributed by atoms with Crippen molar-refractivity contribution >= 4 is 17.4 Å². The van der Waals surface area contributed by atoms with E-state index < -0.39 is 23.7 Å². The summed E-state index contributed by atoms with van der Waals surface area (Å²) in [6.07, 6.45) is 3.57. The fourth-order valence-corrected chi connectivity index (χ4v) is 4.85. The third-order valence-electron chi connectivity index (χ3n) is 6.88. The molecule has 6 nitrogen and oxygen atoms in total. The summed E-state index contributed by atoms with van der Waals surface area (Å²) in [6.45, 7) is 2.92. The highest BCUT2D eigenvalue weighted by Crippen LogP contribution is 2.39. The molecule has 0 unspecified atom stereocenters. The van der Waals surface area contributed by atoms with Gasteiger partial charge in [0, 0.05) is 25.2 Å². The highest BCUT2D eigenvalue weighted by Gasteiger charge is 2.43. The number of nitrogens with one attached hydrogen (secondary N) is 1. The Bertz CT molecular complexity index is 1110. The Morgan fingerprint density at radius 1 is 1.06 bits per heavy atom. The van der Waals surface area contributed by atoms with Crippen LogP contribution in [0.4, 0.5) is 8.78 Å². The second kappa shape index (κ2) is 10.3. The van der Waals surface area contributed by atoms with Crippen LogP contribution in [0.1, 0.15) is 30.0 Å². The SMILES string of the molecule is O=C(CN1CCOCC1)N[C@H](C(=O)N1CC(c2cc(F)ccc2F)=C[C@H]1c1ccccc1)C1CC1. The molecule has 2 aromatic carbocycles. The normalized spacial score (nSPS) is 21.5. The van der Waals surface area contributed by atoms with Gasteiger partial charge in [0.2, 0.25) is 11.8 Å². The lowest BCUT2D eigenvalue weighted by atomic mass is 10.0. The van der Waals surface area contributed by atoms with E-state index in [4.69, 9.17) is 4.74 Å². The maximum atomic E-state index is 14.6. The topological polar surface area (TPSA) is 61.9 Å². The Balaban J connectivity index is 1.38. The van der Waals surface area contributed by atoms with Crippen molar-refractivity contribution in [3.63, 3.8) is 0 Å². The second-order valence-corrected chi connectivity index (χ2v) is 9.41. The zero-order valence-electron chi connectivity index (χ0n) is 19.5. The van der Waals surface area contributed by atoms with E-state index in [1.54, 1.807) is 4.90 Å². The van der Waals surface area contributed by atoms with Gasteiger partial charge in [-0.1, -0.05) is 36.4 Å². The molecule has 2 amide bonds. The summed E-state index contributed by atoms with van der Waals surface area (Å²) in [5, 5.41) is 2.98. The molecule has 1 N–H and O–H groups in total. The molecule has 1 aliphatic carbocycles. The summed E-state index contributed by atoms with van der Waals surface area (Å²) in [6, 6.07) is 11.8. The van der Waals surface area contributed by atoms with E-state index >= 15 is 0 Å². The summed E-state index contributed by atoms with van der Waals surface area (Å²) < 4.78 is 33.9. The van der Waals surface area contributed by atoms with Crippen molar-refractivity contribution in [1.82, 2.24) is 15.1 Å². The van der Waals surface area contributed by atoms with Crippen molar-refractivity contribution in [2.75, 3.05) is 39.4 Å². The first-order chi connectivity index (χ1) is 17.0. The number of hydrogen-bond acceptors (Lipinski definition) is 4. The maximum absolute atomic E-state index is 14.6. The molecule has 2 aliphatic heterocycles. The molecule has 0 radical (unpaired) electrons. The summed E-state index contributed by atoms with van der Waals surface area (Å²) in [5.74, 6) is -1.36. The molecule has 0 spiro atoms. The minimum Gasteiger partial charge on any atom is -0.379 e. The molecule has 2 aromatic rings. The molecule has 8 heteroatoms. The van der Waals surface area contributed by atoms with Crippen LogP contribution >= 0.6 is 0 Å². The van der Waals surface area contributed by atoms with Gasteiger partial charge in [0.25, 0.3) is 0 Å². The van der Waals surface area contributed by atoms with Gasteiger partial charge in [-0.25, -0.2) is 8.78 Å². The first kappa shape index (κ1) is 23.6. The van der Waals surface area contributed by atoms with Crippen LogP contribution in [-0.2, 0) is 14.3 Å². The minimum absolute atomic E-state index is 0.0857. The number of rotatable bonds is 7. The highest BCUT2D eigenvalue weighted by molar-refractivity contribution is 5.91. The lowest BCUT2D eigenvalue weighted by molar-refractivity contribution is -0.138. The van der Waals surface area contributed by atoms with Gasteiger partial charge in [0.1, 0.15) is 17.7 Å².